The first-order chi connectivity index (χ1) is 13.0. The zero-order chi connectivity index (χ0) is 18.6. The number of hydrogen-bond acceptors (Lipinski definition) is 4. The summed E-state index contributed by atoms with van der Waals surface area (Å²) < 4.78 is 30.3. The molecule has 4 aromatic heterocycles. The largest absolute Gasteiger partial charge is 0.351 e. The lowest BCUT2D eigenvalue weighted by Crippen LogP contribution is -2.39. The molecule has 2 N–H and O–H groups in total. The van der Waals surface area contributed by atoms with Crippen molar-refractivity contribution in [3.8, 4) is 11.1 Å². The van der Waals surface area contributed by atoms with E-state index in [1.807, 2.05) is 13.1 Å². The molecule has 0 saturated heterocycles. The molecule has 1 aliphatic rings. The number of H-pyrrole nitrogens is 1. The first kappa shape index (κ1) is 16.2. The van der Waals surface area contributed by atoms with Crippen LogP contribution in [0.3, 0.4) is 0 Å². The highest BCUT2D eigenvalue weighted by molar-refractivity contribution is 5.93. The van der Waals surface area contributed by atoms with Crippen LogP contribution >= 0.6 is 0 Å². The van der Waals surface area contributed by atoms with Crippen molar-refractivity contribution >= 4 is 22.6 Å². The Labute approximate surface area is 153 Å². The lowest BCUT2D eigenvalue weighted by atomic mass is 9.82. The topological polar surface area (TPSA) is 70.9 Å². The molecule has 1 fully saturated rings. The molecule has 0 aromatic carbocycles. The average molecular weight is 368 g/mol. The van der Waals surface area contributed by atoms with Gasteiger partial charge in [-0.25, -0.2) is 18.7 Å². The van der Waals surface area contributed by atoms with Crippen LogP contribution in [-0.4, -0.2) is 36.6 Å². The fraction of sp³-hybridized carbons (Fsp3) is 0.316. The van der Waals surface area contributed by atoms with E-state index in [2.05, 4.69) is 25.3 Å². The van der Waals surface area contributed by atoms with E-state index in [4.69, 9.17) is 0 Å². The van der Waals surface area contributed by atoms with Crippen molar-refractivity contribution in [2.75, 3.05) is 11.9 Å². The Hall–Kier alpha value is -3.03. The molecule has 0 amide bonds. The zero-order valence-corrected chi connectivity index (χ0v) is 14.8. The van der Waals surface area contributed by atoms with Crippen LogP contribution in [0.4, 0.5) is 14.7 Å². The minimum atomic E-state index is -1.14. The summed E-state index contributed by atoms with van der Waals surface area (Å²) in [5.41, 5.74) is 2.13. The van der Waals surface area contributed by atoms with E-state index < -0.39 is 5.67 Å². The Bertz CT molecular complexity index is 1160. The summed E-state index contributed by atoms with van der Waals surface area (Å²) in [5.74, 6) is -0.00481. The van der Waals surface area contributed by atoms with Crippen LogP contribution in [0.25, 0.3) is 27.8 Å². The predicted octanol–water partition coefficient (Wildman–Crippen LogP) is 4.02. The molecular formula is C19H18F2N6. The first-order valence-corrected chi connectivity index (χ1v) is 8.93. The van der Waals surface area contributed by atoms with Crippen LogP contribution in [-0.2, 0) is 0 Å². The van der Waals surface area contributed by atoms with Gasteiger partial charge < -0.3 is 14.7 Å². The van der Waals surface area contributed by atoms with Crippen LogP contribution in [0, 0.1) is 12.7 Å². The van der Waals surface area contributed by atoms with E-state index in [0.717, 1.165) is 23.1 Å². The number of aromatic nitrogens is 5. The molecule has 1 saturated carbocycles. The number of nitrogens with zero attached hydrogens (tertiary/aromatic N) is 4. The highest BCUT2D eigenvalue weighted by Gasteiger charge is 2.36. The van der Waals surface area contributed by atoms with Crippen molar-refractivity contribution < 1.29 is 8.78 Å². The second kappa shape index (κ2) is 5.73. The van der Waals surface area contributed by atoms with Crippen LogP contribution in [0.2, 0.25) is 0 Å². The molecule has 6 nitrogen and oxygen atoms in total. The summed E-state index contributed by atoms with van der Waals surface area (Å²) in [5, 5.41) is 3.75. The molecule has 1 aliphatic carbocycles. The number of aromatic amines is 1. The normalized spacial score (nSPS) is 16.0. The van der Waals surface area contributed by atoms with E-state index in [-0.39, 0.29) is 12.4 Å². The van der Waals surface area contributed by atoms with Gasteiger partial charge in [0.25, 0.3) is 0 Å². The summed E-state index contributed by atoms with van der Waals surface area (Å²) in [6.07, 6.45) is 9.02. The van der Waals surface area contributed by atoms with Crippen molar-refractivity contribution in [2.45, 2.75) is 31.9 Å². The molecule has 8 heteroatoms. The summed E-state index contributed by atoms with van der Waals surface area (Å²) in [6, 6.07) is 1.46. The molecule has 0 radical (unpaired) electrons. The van der Waals surface area contributed by atoms with Gasteiger partial charge in [-0.2, -0.15) is 4.98 Å². The third-order valence-corrected chi connectivity index (χ3v) is 5.30. The standard InChI is InChI=1S/C19H18F2N6/c1-11-6-23-17-15(20)5-12(9-27(11)17)13-7-22-16-14(13)8-24-18(26-16)25-10-19(21)3-2-4-19/h5-9H,2-4,10H2,1H3,(H2,22,24,25,26). The minimum absolute atomic E-state index is 0.216. The maximum Gasteiger partial charge on any atom is 0.224 e. The molecular weight excluding hydrogens is 350 g/mol. The first-order valence-electron chi connectivity index (χ1n) is 8.93. The lowest BCUT2D eigenvalue weighted by Gasteiger charge is -2.33. The van der Waals surface area contributed by atoms with Gasteiger partial charge in [0.15, 0.2) is 11.5 Å². The van der Waals surface area contributed by atoms with E-state index in [1.165, 1.54) is 6.07 Å². The quantitative estimate of drug-likeness (QED) is 0.571. The average Bonchev–Trinajstić information content (AvgIpc) is 3.22. The van der Waals surface area contributed by atoms with E-state index >= 15 is 0 Å². The highest BCUT2D eigenvalue weighted by Crippen LogP contribution is 2.35. The smallest absolute Gasteiger partial charge is 0.224 e. The van der Waals surface area contributed by atoms with Gasteiger partial charge in [-0.05, 0) is 32.3 Å². The molecule has 138 valence electrons. The number of halogens is 2. The SMILES string of the molecule is Cc1cnc2c(F)cc(-c3c[nH]c4nc(NCC5(F)CCC5)ncc34)cn12. The van der Waals surface area contributed by atoms with Gasteiger partial charge in [0.1, 0.15) is 11.3 Å². The molecule has 0 bridgehead atoms. The van der Waals surface area contributed by atoms with Crippen LogP contribution in [0.15, 0.2) is 30.9 Å². The van der Waals surface area contributed by atoms with E-state index in [0.29, 0.717) is 35.6 Å². The Kier molecular flexibility index (Phi) is 3.43. The second-order valence-electron chi connectivity index (χ2n) is 7.19. The molecule has 0 aliphatic heterocycles. The molecule has 27 heavy (non-hydrogen) atoms. The summed E-state index contributed by atoms with van der Waals surface area (Å²) in [7, 11) is 0. The fourth-order valence-electron chi connectivity index (χ4n) is 3.52. The zero-order valence-electron chi connectivity index (χ0n) is 14.8. The second-order valence-corrected chi connectivity index (χ2v) is 7.19. The maximum absolute atomic E-state index is 14.4. The minimum Gasteiger partial charge on any atom is -0.351 e. The monoisotopic (exact) mass is 368 g/mol. The third-order valence-electron chi connectivity index (χ3n) is 5.30. The predicted molar refractivity (Wildman–Crippen MR) is 98.9 cm³/mol. The molecule has 0 atom stereocenters. The van der Waals surface area contributed by atoms with Crippen LogP contribution in [0.1, 0.15) is 25.0 Å². The van der Waals surface area contributed by atoms with Gasteiger partial charge in [-0.3, -0.25) is 0 Å². The number of nitrogens with one attached hydrogen (secondary N) is 2. The van der Waals surface area contributed by atoms with Gasteiger partial charge in [-0.1, -0.05) is 0 Å². The van der Waals surface area contributed by atoms with Gasteiger partial charge in [0.2, 0.25) is 5.95 Å². The Morgan fingerprint density at radius 2 is 2.15 bits per heavy atom. The molecule has 5 rings (SSSR count). The van der Waals surface area contributed by atoms with Crippen molar-refractivity contribution in [2.24, 2.45) is 0 Å². The summed E-state index contributed by atoms with van der Waals surface area (Å²) >= 11 is 0. The van der Waals surface area contributed by atoms with Crippen LogP contribution < -0.4 is 5.32 Å². The number of pyridine rings is 1. The van der Waals surface area contributed by atoms with Crippen molar-refractivity contribution in [1.82, 2.24) is 24.3 Å². The van der Waals surface area contributed by atoms with Gasteiger partial charge >= 0.3 is 0 Å². The van der Waals surface area contributed by atoms with Crippen molar-refractivity contribution in [1.29, 1.82) is 0 Å². The van der Waals surface area contributed by atoms with Gasteiger partial charge in [0.05, 0.1) is 6.54 Å². The molecule has 0 spiro atoms. The summed E-state index contributed by atoms with van der Waals surface area (Å²) in [4.78, 5) is 15.9. The number of hydrogen-bond donors (Lipinski definition) is 2. The maximum atomic E-state index is 14.4. The Morgan fingerprint density at radius 1 is 1.30 bits per heavy atom. The summed E-state index contributed by atoms with van der Waals surface area (Å²) in [6.45, 7) is 2.09. The lowest BCUT2D eigenvalue weighted by molar-refractivity contribution is 0.0782. The molecule has 4 heterocycles. The highest BCUT2D eigenvalue weighted by atomic mass is 19.1. The van der Waals surface area contributed by atoms with E-state index in [9.17, 15) is 8.78 Å². The molecule has 0 unspecified atom stereocenters. The van der Waals surface area contributed by atoms with Gasteiger partial charge in [-0.15, -0.1) is 0 Å². The Balaban J connectivity index is 1.50. The van der Waals surface area contributed by atoms with E-state index in [1.54, 1.807) is 23.0 Å². The number of aryl methyl sites for hydroxylation is 1. The van der Waals surface area contributed by atoms with Crippen molar-refractivity contribution in [3.63, 3.8) is 0 Å². The number of rotatable bonds is 4. The number of fused-ring (bicyclic) bond motifs is 2. The number of imidazole rings is 1. The fourth-order valence-corrected chi connectivity index (χ4v) is 3.52. The van der Waals surface area contributed by atoms with Crippen molar-refractivity contribution in [3.05, 3.63) is 42.4 Å². The van der Waals surface area contributed by atoms with Gasteiger partial charge in [0, 0.05) is 47.0 Å². The third kappa shape index (κ3) is 2.63. The Morgan fingerprint density at radius 3 is 2.93 bits per heavy atom. The molecule has 4 aromatic rings. The van der Waals surface area contributed by atoms with Crippen LogP contribution in [0.5, 0.6) is 0 Å². The number of alkyl halides is 1. The number of anilines is 1.